The van der Waals surface area contributed by atoms with Crippen molar-refractivity contribution < 1.29 is 17.9 Å². The minimum absolute atomic E-state index is 0.489. The molecule has 0 amide bonds. The number of methoxy groups -OCH3 is 1. The summed E-state index contributed by atoms with van der Waals surface area (Å²) in [6.45, 7) is 2.01. The number of benzene rings is 4. The molecule has 5 rings (SSSR count). The van der Waals surface area contributed by atoms with Crippen molar-refractivity contribution in [2.75, 3.05) is 26.1 Å². The number of aromatic nitrogens is 2. The standard InChI is InChI=1S/C33H28F3N3O/c1-21-5-7-22(8-6-21)29-31(24-11-17-27(18-12-24)39(2)3)38-32(25-13-19-28(40-4)20-14-25)30(37-29)23-9-15-26(16-10-23)33(34,35)36/h5-20H,1-4H3. The third kappa shape index (κ3) is 5.54. The van der Waals surface area contributed by atoms with Crippen molar-refractivity contribution in [3.63, 3.8) is 0 Å². The van der Waals surface area contributed by atoms with Crippen LogP contribution in [-0.2, 0) is 6.18 Å². The average Bonchev–Trinajstić information content (AvgIpc) is 2.97. The summed E-state index contributed by atoms with van der Waals surface area (Å²) in [4.78, 5) is 12.3. The van der Waals surface area contributed by atoms with Gasteiger partial charge in [-0.25, -0.2) is 9.97 Å². The van der Waals surface area contributed by atoms with Crippen molar-refractivity contribution in [3.8, 4) is 50.8 Å². The van der Waals surface area contributed by atoms with Gasteiger partial charge in [-0.1, -0.05) is 54.1 Å². The molecule has 0 atom stereocenters. The van der Waals surface area contributed by atoms with E-state index in [1.165, 1.54) is 12.1 Å². The number of hydrogen-bond donors (Lipinski definition) is 0. The van der Waals surface area contributed by atoms with E-state index in [9.17, 15) is 13.2 Å². The number of anilines is 1. The normalized spacial score (nSPS) is 11.4. The zero-order valence-corrected chi connectivity index (χ0v) is 22.6. The highest BCUT2D eigenvalue weighted by Gasteiger charge is 2.30. The van der Waals surface area contributed by atoms with E-state index in [2.05, 4.69) is 0 Å². The van der Waals surface area contributed by atoms with Gasteiger partial charge in [-0.3, -0.25) is 0 Å². The van der Waals surface area contributed by atoms with E-state index < -0.39 is 11.7 Å². The molecule has 0 N–H and O–H groups in total. The van der Waals surface area contributed by atoms with Gasteiger partial charge in [0.15, 0.2) is 0 Å². The molecule has 0 saturated heterocycles. The molecule has 40 heavy (non-hydrogen) atoms. The molecule has 7 heteroatoms. The number of ether oxygens (including phenoxy) is 1. The fourth-order valence-electron chi connectivity index (χ4n) is 4.44. The minimum atomic E-state index is -4.43. The summed E-state index contributed by atoms with van der Waals surface area (Å²) in [7, 11) is 5.55. The molecule has 0 saturated carbocycles. The zero-order chi connectivity index (χ0) is 28.4. The second kappa shape index (κ2) is 10.8. The Morgan fingerprint density at radius 3 is 1.32 bits per heavy atom. The maximum Gasteiger partial charge on any atom is 0.416 e. The number of nitrogens with zero attached hydrogens (tertiary/aromatic N) is 3. The quantitative estimate of drug-likeness (QED) is 0.217. The van der Waals surface area contributed by atoms with Crippen LogP contribution in [0.25, 0.3) is 45.0 Å². The van der Waals surface area contributed by atoms with Gasteiger partial charge in [-0.15, -0.1) is 0 Å². The van der Waals surface area contributed by atoms with Crippen molar-refractivity contribution in [1.82, 2.24) is 9.97 Å². The minimum Gasteiger partial charge on any atom is -0.497 e. The summed E-state index contributed by atoms with van der Waals surface area (Å²) < 4.78 is 45.3. The van der Waals surface area contributed by atoms with E-state index in [0.29, 0.717) is 34.1 Å². The zero-order valence-electron chi connectivity index (χ0n) is 22.6. The molecule has 0 aliphatic carbocycles. The monoisotopic (exact) mass is 539 g/mol. The van der Waals surface area contributed by atoms with Crippen LogP contribution >= 0.6 is 0 Å². The third-order valence-electron chi connectivity index (χ3n) is 6.73. The first-order valence-electron chi connectivity index (χ1n) is 12.7. The molecule has 4 nitrogen and oxygen atoms in total. The first-order valence-corrected chi connectivity index (χ1v) is 12.7. The van der Waals surface area contributed by atoms with Gasteiger partial charge in [0, 0.05) is 42.0 Å². The topological polar surface area (TPSA) is 38.2 Å². The summed E-state index contributed by atoms with van der Waals surface area (Å²) in [5.41, 5.74) is 6.84. The number of aryl methyl sites for hydroxylation is 1. The predicted molar refractivity (Wildman–Crippen MR) is 154 cm³/mol. The molecular formula is C33H28F3N3O. The SMILES string of the molecule is COc1ccc(-c2nc(-c3ccc(N(C)C)cc3)c(-c3ccc(C)cc3)nc2-c2ccc(C(F)(F)F)cc2)cc1. The van der Waals surface area contributed by atoms with Gasteiger partial charge in [0.05, 0.1) is 35.4 Å². The van der Waals surface area contributed by atoms with Crippen LogP contribution in [0.1, 0.15) is 11.1 Å². The summed E-state index contributed by atoms with van der Waals surface area (Å²) in [5.74, 6) is 0.684. The van der Waals surface area contributed by atoms with Crippen LogP contribution in [0.5, 0.6) is 5.75 Å². The molecule has 1 heterocycles. The molecule has 0 spiro atoms. The van der Waals surface area contributed by atoms with Crippen molar-refractivity contribution in [3.05, 3.63) is 108 Å². The molecule has 0 bridgehead atoms. The fourth-order valence-corrected chi connectivity index (χ4v) is 4.44. The number of hydrogen-bond acceptors (Lipinski definition) is 4. The molecule has 0 unspecified atom stereocenters. The highest BCUT2D eigenvalue weighted by atomic mass is 19.4. The second-order valence-corrected chi connectivity index (χ2v) is 9.73. The lowest BCUT2D eigenvalue weighted by Gasteiger charge is -2.18. The third-order valence-corrected chi connectivity index (χ3v) is 6.73. The van der Waals surface area contributed by atoms with Crippen molar-refractivity contribution in [1.29, 1.82) is 0 Å². The molecule has 0 fully saturated rings. The van der Waals surface area contributed by atoms with E-state index in [4.69, 9.17) is 14.7 Å². The van der Waals surface area contributed by atoms with Crippen molar-refractivity contribution in [2.45, 2.75) is 13.1 Å². The molecule has 202 valence electrons. The molecule has 1 aromatic heterocycles. The Balaban J connectivity index is 1.78. The lowest BCUT2D eigenvalue weighted by Crippen LogP contribution is -2.08. The Bertz CT molecular complexity index is 1610. The van der Waals surface area contributed by atoms with Gasteiger partial charge in [0.1, 0.15) is 5.75 Å². The number of halogens is 3. The van der Waals surface area contributed by atoms with E-state index >= 15 is 0 Å². The van der Waals surface area contributed by atoms with Gasteiger partial charge in [0.25, 0.3) is 0 Å². The first kappa shape index (κ1) is 26.9. The largest absolute Gasteiger partial charge is 0.497 e. The predicted octanol–water partition coefficient (Wildman–Crippen LogP) is 8.55. The maximum absolute atomic E-state index is 13.3. The highest BCUT2D eigenvalue weighted by molar-refractivity contribution is 5.86. The molecular weight excluding hydrogens is 511 g/mol. The molecule has 0 radical (unpaired) electrons. The summed E-state index contributed by atoms with van der Waals surface area (Å²) in [6, 6.07) is 28.5. The highest BCUT2D eigenvalue weighted by Crippen LogP contribution is 2.39. The van der Waals surface area contributed by atoms with E-state index in [-0.39, 0.29) is 0 Å². The Labute approximate surface area is 231 Å². The van der Waals surface area contributed by atoms with Crippen LogP contribution in [0, 0.1) is 6.92 Å². The molecule has 0 aliphatic rings. The smallest absolute Gasteiger partial charge is 0.416 e. The first-order chi connectivity index (χ1) is 19.1. The lowest BCUT2D eigenvalue weighted by molar-refractivity contribution is -0.137. The van der Waals surface area contributed by atoms with Crippen molar-refractivity contribution in [2.24, 2.45) is 0 Å². The van der Waals surface area contributed by atoms with E-state index in [0.717, 1.165) is 40.1 Å². The Kier molecular flexibility index (Phi) is 7.30. The summed E-state index contributed by atoms with van der Waals surface area (Å²) in [5, 5.41) is 0. The van der Waals surface area contributed by atoms with Crippen LogP contribution in [0.2, 0.25) is 0 Å². The summed E-state index contributed by atoms with van der Waals surface area (Å²) in [6.07, 6.45) is -4.43. The maximum atomic E-state index is 13.3. The van der Waals surface area contributed by atoms with Crippen LogP contribution in [0.3, 0.4) is 0 Å². The van der Waals surface area contributed by atoms with Gasteiger partial charge >= 0.3 is 6.18 Å². The number of alkyl halides is 3. The van der Waals surface area contributed by atoms with Gasteiger partial charge in [-0.05, 0) is 55.5 Å². The average molecular weight is 540 g/mol. The van der Waals surface area contributed by atoms with Crippen LogP contribution in [-0.4, -0.2) is 31.2 Å². The second-order valence-electron chi connectivity index (χ2n) is 9.73. The Morgan fingerprint density at radius 2 is 0.950 bits per heavy atom. The lowest BCUT2D eigenvalue weighted by atomic mass is 9.98. The molecule has 0 aliphatic heterocycles. The van der Waals surface area contributed by atoms with Gasteiger partial charge in [0.2, 0.25) is 0 Å². The van der Waals surface area contributed by atoms with Crippen molar-refractivity contribution >= 4 is 5.69 Å². The Hall–Kier alpha value is -4.65. The fraction of sp³-hybridized carbons (Fsp3) is 0.152. The van der Waals surface area contributed by atoms with Crippen LogP contribution < -0.4 is 9.64 Å². The van der Waals surface area contributed by atoms with E-state index in [1.807, 2.05) is 98.7 Å². The molecule has 5 aromatic rings. The molecule has 4 aromatic carbocycles. The van der Waals surface area contributed by atoms with Gasteiger partial charge in [-0.2, -0.15) is 13.2 Å². The summed E-state index contributed by atoms with van der Waals surface area (Å²) >= 11 is 0. The number of rotatable bonds is 6. The van der Waals surface area contributed by atoms with Crippen LogP contribution in [0.4, 0.5) is 18.9 Å². The van der Waals surface area contributed by atoms with Gasteiger partial charge < -0.3 is 9.64 Å². The van der Waals surface area contributed by atoms with Crippen LogP contribution in [0.15, 0.2) is 97.1 Å². The van der Waals surface area contributed by atoms with E-state index in [1.54, 1.807) is 7.11 Å². The Morgan fingerprint density at radius 1 is 0.575 bits per heavy atom.